The number of imide groups is 1. The molecule has 2 aromatic carbocycles. The van der Waals surface area contributed by atoms with E-state index in [9.17, 15) is 19.5 Å². The molecule has 3 N–H and O–H groups in total. The highest BCUT2D eigenvalue weighted by atomic mass is 16.5. The van der Waals surface area contributed by atoms with Crippen LogP contribution in [0.15, 0.2) is 48.7 Å². The van der Waals surface area contributed by atoms with E-state index in [-0.39, 0.29) is 24.1 Å². The summed E-state index contributed by atoms with van der Waals surface area (Å²) in [6.45, 7) is 4.52. The van der Waals surface area contributed by atoms with Crippen LogP contribution in [0.2, 0.25) is 0 Å². The van der Waals surface area contributed by atoms with Gasteiger partial charge in [-0.05, 0) is 41.8 Å². The largest absolute Gasteiger partial charge is 0.494 e. The molecule has 9 nitrogen and oxygen atoms in total. The molecule has 2 saturated heterocycles. The highest BCUT2D eigenvalue weighted by Crippen LogP contribution is 2.33. The van der Waals surface area contributed by atoms with Crippen molar-refractivity contribution in [1.29, 1.82) is 0 Å². The van der Waals surface area contributed by atoms with Crippen LogP contribution in [0.1, 0.15) is 40.4 Å². The second-order valence-corrected chi connectivity index (χ2v) is 9.02. The number of morpholine rings is 1. The molecule has 0 radical (unpaired) electrons. The van der Waals surface area contributed by atoms with E-state index in [1.165, 1.54) is 4.57 Å². The van der Waals surface area contributed by atoms with Crippen LogP contribution in [-0.4, -0.2) is 58.6 Å². The number of hydrogen-bond acceptors (Lipinski definition) is 6. The molecule has 0 spiro atoms. The number of fused-ring (bicyclic) bond motifs is 1. The van der Waals surface area contributed by atoms with Gasteiger partial charge in [0.2, 0.25) is 11.8 Å². The molecule has 0 aliphatic carbocycles. The molecular formula is C26H28N4O5. The predicted molar refractivity (Wildman–Crippen MR) is 129 cm³/mol. The SMILES string of the molecule is O=C1CCC(n2cc3cc(CNC(=O)c4ccc(CN5CCOCC5)cc4)ccc3c2O)C(=O)N1. The summed E-state index contributed by atoms with van der Waals surface area (Å²) >= 11 is 0. The maximum Gasteiger partial charge on any atom is 0.251 e. The van der Waals surface area contributed by atoms with Crippen LogP contribution < -0.4 is 10.6 Å². The Hall–Kier alpha value is -3.69. The first-order valence-corrected chi connectivity index (χ1v) is 11.8. The summed E-state index contributed by atoms with van der Waals surface area (Å²) in [5, 5.41) is 17.3. The van der Waals surface area contributed by atoms with Crippen LogP contribution in [0.5, 0.6) is 5.88 Å². The summed E-state index contributed by atoms with van der Waals surface area (Å²) in [6.07, 6.45) is 2.28. The second kappa shape index (κ2) is 9.89. The average molecular weight is 477 g/mol. The fourth-order valence-electron chi connectivity index (χ4n) is 4.63. The summed E-state index contributed by atoms with van der Waals surface area (Å²) in [4.78, 5) is 38.6. The molecule has 2 fully saturated rings. The van der Waals surface area contributed by atoms with Gasteiger partial charge in [-0.2, -0.15) is 0 Å². The first-order chi connectivity index (χ1) is 17.0. The molecule has 0 saturated carbocycles. The topological polar surface area (TPSA) is 113 Å². The normalized spacial score (nSPS) is 19.0. The first-order valence-electron chi connectivity index (χ1n) is 11.8. The number of aromatic nitrogens is 1. The van der Waals surface area contributed by atoms with E-state index in [0.717, 1.165) is 49.4 Å². The summed E-state index contributed by atoms with van der Waals surface area (Å²) in [6, 6.07) is 12.5. The van der Waals surface area contributed by atoms with Crippen LogP contribution in [0.3, 0.4) is 0 Å². The highest BCUT2D eigenvalue weighted by molar-refractivity contribution is 6.00. The van der Waals surface area contributed by atoms with Crippen molar-refractivity contribution < 1.29 is 24.2 Å². The van der Waals surface area contributed by atoms with Crippen molar-refractivity contribution in [3.05, 3.63) is 65.4 Å². The molecule has 3 aromatic rings. The van der Waals surface area contributed by atoms with Crippen molar-refractivity contribution >= 4 is 28.5 Å². The van der Waals surface area contributed by atoms with Crippen LogP contribution in [0.25, 0.3) is 10.8 Å². The Balaban J connectivity index is 1.22. The third-order valence-electron chi connectivity index (χ3n) is 6.60. The standard InChI is InChI=1S/C26H28N4O5/c31-23-8-7-22(25(33)28-23)30-16-20-13-18(3-6-21(20)26(30)34)14-27-24(32)19-4-1-17(2-5-19)15-29-9-11-35-12-10-29/h1-6,13,16,22,34H,7-12,14-15H2,(H,27,32)(H,28,31,33). The maximum absolute atomic E-state index is 12.7. The van der Waals surface area contributed by atoms with Crippen LogP contribution >= 0.6 is 0 Å². The summed E-state index contributed by atoms with van der Waals surface area (Å²) < 4.78 is 6.89. The van der Waals surface area contributed by atoms with Crippen molar-refractivity contribution in [2.45, 2.75) is 32.0 Å². The van der Waals surface area contributed by atoms with Crippen LogP contribution in [0.4, 0.5) is 0 Å². The van der Waals surface area contributed by atoms with Crippen molar-refractivity contribution in [3.8, 4) is 5.88 Å². The molecule has 182 valence electrons. The summed E-state index contributed by atoms with van der Waals surface area (Å²) in [5.41, 5.74) is 2.63. The molecule has 1 atom stereocenters. The van der Waals surface area contributed by atoms with Gasteiger partial charge in [0.25, 0.3) is 5.91 Å². The van der Waals surface area contributed by atoms with Gasteiger partial charge >= 0.3 is 0 Å². The van der Waals surface area contributed by atoms with E-state index in [2.05, 4.69) is 15.5 Å². The molecule has 2 aliphatic rings. The smallest absolute Gasteiger partial charge is 0.251 e. The number of nitrogens with one attached hydrogen (secondary N) is 2. The minimum Gasteiger partial charge on any atom is -0.494 e. The van der Waals surface area contributed by atoms with Crippen LogP contribution in [-0.2, 0) is 27.4 Å². The number of benzene rings is 2. The minimum atomic E-state index is -0.630. The fraction of sp³-hybridized carbons (Fsp3) is 0.346. The lowest BCUT2D eigenvalue weighted by Crippen LogP contribution is -2.41. The number of nitrogens with zero attached hydrogens (tertiary/aromatic N) is 2. The number of aromatic hydroxyl groups is 1. The number of carbonyl (C=O) groups excluding carboxylic acids is 3. The Morgan fingerprint density at radius 1 is 1.09 bits per heavy atom. The Kier molecular flexibility index (Phi) is 6.52. The molecule has 0 bridgehead atoms. The van der Waals surface area contributed by atoms with Crippen molar-refractivity contribution in [3.63, 3.8) is 0 Å². The molecule has 9 heteroatoms. The molecule has 1 aromatic heterocycles. The molecule has 2 aliphatic heterocycles. The Bertz CT molecular complexity index is 1260. The predicted octanol–water partition coefficient (Wildman–Crippen LogP) is 2.09. The van der Waals surface area contributed by atoms with Gasteiger partial charge in [0.1, 0.15) is 6.04 Å². The Morgan fingerprint density at radius 2 is 1.83 bits per heavy atom. The lowest BCUT2D eigenvalue weighted by atomic mass is 10.1. The molecular weight excluding hydrogens is 448 g/mol. The van der Waals surface area contributed by atoms with Gasteiger partial charge in [-0.3, -0.25) is 24.6 Å². The number of carbonyl (C=O) groups is 3. The van der Waals surface area contributed by atoms with Crippen LogP contribution in [0, 0.1) is 0 Å². The van der Waals surface area contributed by atoms with Gasteiger partial charge in [-0.25, -0.2) is 0 Å². The van der Waals surface area contributed by atoms with E-state index < -0.39 is 11.9 Å². The number of amides is 3. The van der Waals surface area contributed by atoms with Crippen molar-refractivity contribution in [2.24, 2.45) is 0 Å². The lowest BCUT2D eigenvalue weighted by Gasteiger charge is -2.26. The first kappa shape index (κ1) is 23.1. The summed E-state index contributed by atoms with van der Waals surface area (Å²) in [5.74, 6) is -0.887. The number of piperidine rings is 1. The zero-order valence-corrected chi connectivity index (χ0v) is 19.3. The zero-order valence-electron chi connectivity index (χ0n) is 19.3. The molecule has 5 rings (SSSR count). The monoisotopic (exact) mass is 476 g/mol. The minimum absolute atomic E-state index is 0.0118. The van der Waals surface area contributed by atoms with Crippen molar-refractivity contribution in [1.82, 2.24) is 20.1 Å². The van der Waals surface area contributed by atoms with Gasteiger partial charge in [-0.15, -0.1) is 0 Å². The van der Waals surface area contributed by atoms with Crippen molar-refractivity contribution in [2.75, 3.05) is 26.3 Å². The molecule has 1 unspecified atom stereocenters. The zero-order chi connectivity index (χ0) is 24.4. The third kappa shape index (κ3) is 5.06. The molecule has 35 heavy (non-hydrogen) atoms. The van der Waals surface area contributed by atoms with E-state index in [0.29, 0.717) is 23.9 Å². The quantitative estimate of drug-likeness (QED) is 0.470. The Labute approximate surface area is 202 Å². The van der Waals surface area contributed by atoms with Gasteiger partial charge < -0.3 is 19.7 Å². The Morgan fingerprint density at radius 3 is 2.57 bits per heavy atom. The van der Waals surface area contributed by atoms with Gasteiger partial charge in [0, 0.05) is 55.1 Å². The van der Waals surface area contributed by atoms with Gasteiger partial charge in [-0.1, -0.05) is 18.2 Å². The summed E-state index contributed by atoms with van der Waals surface area (Å²) in [7, 11) is 0. The highest BCUT2D eigenvalue weighted by Gasteiger charge is 2.30. The van der Waals surface area contributed by atoms with Gasteiger partial charge in [0.15, 0.2) is 5.88 Å². The van der Waals surface area contributed by atoms with E-state index in [1.54, 1.807) is 12.3 Å². The maximum atomic E-state index is 12.7. The fourth-order valence-corrected chi connectivity index (χ4v) is 4.63. The third-order valence-corrected chi connectivity index (χ3v) is 6.60. The number of rotatable bonds is 6. The van der Waals surface area contributed by atoms with E-state index in [1.807, 2.05) is 36.4 Å². The van der Waals surface area contributed by atoms with Gasteiger partial charge in [0.05, 0.1) is 13.2 Å². The number of ether oxygens (including phenoxy) is 1. The lowest BCUT2D eigenvalue weighted by molar-refractivity contribution is -0.135. The molecule has 3 amide bonds. The average Bonchev–Trinajstić information content (AvgIpc) is 3.19. The second-order valence-electron chi connectivity index (χ2n) is 9.02. The van der Waals surface area contributed by atoms with E-state index >= 15 is 0 Å². The molecule has 3 heterocycles. The number of hydrogen-bond donors (Lipinski definition) is 3. The van der Waals surface area contributed by atoms with E-state index in [4.69, 9.17) is 4.74 Å².